The van der Waals surface area contributed by atoms with Gasteiger partial charge >= 0.3 is 0 Å². The molecule has 1 aromatic carbocycles. The zero-order valence-corrected chi connectivity index (χ0v) is 14.2. The molecule has 23 heavy (non-hydrogen) atoms. The van der Waals surface area contributed by atoms with Gasteiger partial charge in [-0.05, 0) is 57.0 Å². The maximum absolute atomic E-state index is 10.9. The van der Waals surface area contributed by atoms with Gasteiger partial charge < -0.3 is 0 Å². The number of anilines is 1. The van der Waals surface area contributed by atoms with Crippen LogP contribution in [0.3, 0.4) is 0 Å². The van der Waals surface area contributed by atoms with E-state index in [-0.39, 0.29) is 22.3 Å². The van der Waals surface area contributed by atoms with Crippen molar-refractivity contribution in [3.63, 3.8) is 0 Å². The fourth-order valence-electron chi connectivity index (χ4n) is 3.42. The molecule has 1 fully saturated rings. The predicted octanol–water partition coefficient (Wildman–Crippen LogP) is 3.33. The summed E-state index contributed by atoms with van der Waals surface area (Å²) in [7, 11) is 4.13. The van der Waals surface area contributed by atoms with Gasteiger partial charge in [0, 0.05) is 12.1 Å². The van der Waals surface area contributed by atoms with Gasteiger partial charge in [-0.1, -0.05) is 5.22 Å². The Labute approximate surface area is 139 Å². The maximum atomic E-state index is 10.9. The van der Waals surface area contributed by atoms with Crippen molar-refractivity contribution < 1.29 is 4.92 Å². The molecule has 8 heteroatoms. The van der Waals surface area contributed by atoms with Gasteiger partial charge in [-0.2, -0.15) is 16.9 Å². The van der Waals surface area contributed by atoms with Crippen molar-refractivity contribution in [2.75, 3.05) is 30.6 Å². The standard InChI is InChI=1S/C15H21N5O2S/c1-18(2)15-9-3-10-23-11-8-14(15)16-17-19(15)12-4-6-13(7-5-12)20(21)22/h4-7,14H,3,8-11H2,1-2H3. The molecule has 2 unspecified atom stereocenters. The summed E-state index contributed by atoms with van der Waals surface area (Å²) in [5, 5.41) is 21.8. The molecule has 0 radical (unpaired) electrons. The van der Waals surface area contributed by atoms with Gasteiger partial charge in [-0.25, -0.2) is 5.01 Å². The zero-order valence-electron chi connectivity index (χ0n) is 13.4. The van der Waals surface area contributed by atoms with Crippen LogP contribution in [0.25, 0.3) is 0 Å². The summed E-state index contributed by atoms with van der Waals surface area (Å²) in [6, 6.07) is 6.71. The lowest BCUT2D eigenvalue weighted by Crippen LogP contribution is -2.61. The molecule has 2 aliphatic rings. The van der Waals surface area contributed by atoms with Crippen LogP contribution in [0.5, 0.6) is 0 Å². The minimum atomic E-state index is -0.382. The van der Waals surface area contributed by atoms with Gasteiger partial charge in [-0.15, -0.1) is 0 Å². The number of hydrogen-bond acceptors (Lipinski definition) is 7. The van der Waals surface area contributed by atoms with E-state index in [1.807, 2.05) is 16.8 Å². The number of fused-ring (bicyclic) bond motifs is 1. The van der Waals surface area contributed by atoms with Crippen LogP contribution in [-0.4, -0.2) is 47.1 Å². The number of hydrogen-bond donors (Lipinski definition) is 0. The third-order valence-electron chi connectivity index (χ3n) is 4.63. The molecule has 0 N–H and O–H groups in total. The third kappa shape index (κ3) is 2.81. The summed E-state index contributed by atoms with van der Waals surface area (Å²) in [6.45, 7) is 0. The van der Waals surface area contributed by atoms with E-state index in [1.165, 1.54) is 12.1 Å². The van der Waals surface area contributed by atoms with Crippen molar-refractivity contribution in [1.82, 2.24) is 4.90 Å². The summed E-state index contributed by atoms with van der Waals surface area (Å²) in [6.07, 6.45) is 3.07. The Kier molecular flexibility index (Phi) is 4.54. The monoisotopic (exact) mass is 335 g/mol. The highest BCUT2D eigenvalue weighted by molar-refractivity contribution is 7.99. The van der Waals surface area contributed by atoms with E-state index < -0.39 is 0 Å². The molecule has 2 heterocycles. The lowest BCUT2D eigenvalue weighted by Gasteiger charge is -2.45. The number of nitro benzene ring substituents is 1. The second kappa shape index (κ2) is 6.45. The van der Waals surface area contributed by atoms with Gasteiger partial charge in [0.15, 0.2) is 0 Å². The van der Waals surface area contributed by atoms with Crippen LogP contribution in [0.4, 0.5) is 11.4 Å². The van der Waals surface area contributed by atoms with Crippen LogP contribution in [0, 0.1) is 10.1 Å². The molecule has 3 rings (SSSR count). The minimum absolute atomic E-state index is 0.0920. The van der Waals surface area contributed by atoms with Crippen molar-refractivity contribution >= 4 is 23.1 Å². The molecule has 7 nitrogen and oxygen atoms in total. The summed E-state index contributed by atoms with van der Waals surface area (Å²) in [5.41, 5.74) is 0.662. The van der Waals surface area contributed by atoms with Crippen LogP contribution in [0.15, 0.2) is 34.6 Å². The Morgan fingerprint density at radius 2 is 2.09 bits per heavy atom. The third-order valence-corrected chi connectivity index (χ3v) is 5.73. The highest BCUT2D eigenvalue weighted by Crippen LogP contribution is 2.42. The van der Waals surface area contributed by atoms with Crippen molar-refractivity contribution in [1.29, 1.82) is 0 Å². The Bertz CT molecular complexity index is 606. The molecule has 0 spiro atoms. The van der Waals surface area contributed by atoms with Crippen molar-refractivity contribution in [2.45, 2.75) is 31.0 Å². The second-order valence-corrected chi connectivity index (χ2v) is 7.31. The van der Waals surface area contributed by atoms with E-state index in [1.54, 1.807) is 12.1 Å². The van der Waals surface area contributed by atoms with Crippen LogP contribution in [-0.2, 0) is 0 Å². The van der Waals surface area contributed by atoms with Crippen molar-refractivity contribution in [3.8, 4) is 0 Å². The molecule has 2 atom stereocenters. The number of nitro groups is 1. The van der Waals surface area contributed by atoms with E-state index in [2.05, 4.69) is 29.3 Å². The number of nitrogens with zero attached hydrogens (tertiary/aromatic N) is 5. The van der Waals surface area contributed by atoms with E-state index in [9.17, 15) is 10.1 Å². The first-order valence-electron chi connectivity index (χ1n) is 7.76. The van der Waals surface area contributed by atoms with Crippen molar-refractivity contribution in [3.05, 3.63) is 34.4 Å². The molecule has 0 amide bonds. The topological polar surface area (TPSA) is 74.3 Å². The first kappa shape index (κ1) is 16.2. The largest absolute Gasteiger partial charge is 0.284 e. The predicted molar refractivity (Wildman–Crippen MR) is 91.8 cm³/mol. The lowest BCUT2D eigenvalue weighted by molar-refractivity contribution is -0.384. The molecule has 2 aliphatic heterocycles. The Morgan fingerprint density at radius 1 is 1.35 bits per heavy atom. The first-order valence-corrected chi connectivity index (χ1v) is 8.92. The number of benzene rings is 1. The average molecular weight is 335 g/mol. The molecule has 0 bridgehead atoms. The molecule has 0 aliphatic carbocycles. The molecule has 1 aromatic rings. The highest BCUT2D eigenvalue weighted by Gasteiger charge is 2.51. The first-order chi connectivity index (χ1) is 11.1. The lowest BCUT2D eigenvalue weighted by atomic mass is 9.91. The molecule has 0 aromatic heterocycles. The summed E-state index contributed by atoms with van der Waals surface area (Å²) < 4.78 is 0. The number of likely N-dealkylation sites (N-methyl/N-ethyl adjacent to an activating group) is 1. The number of thioether (sulfide) groups is 1. The van der Waals surface area contributed by atoms with E-state index in [0.29, 0.717) is 0 Å². The van der Waals surface area contributed by atoms with Crippen LogP contribution < -0.4 is 5.01 Å². The number of non-ortho nitro benzene ring substituents is 1. The SMILES string of the molecule is CN(C)C12CCCSCCC1N=NN2c1ccc([N+](=O)[O-])cc1. The highest BCUT2D eigenvalue weighted by atomic mass is 32.2. The zero-order chi connectivity index (χ0) is 16.4. The normalized spacial score (nSPS) is 27.6. The van der Waals surface area contributed by atoms with Gasteiger partial charge in [0.25, 0.3) is 5.69 Å². The molecule has 0 saturated carbocycles. The summed E-state index contributed by atoms with van der Waals surface area (Å²) in [5.74, 6) is 2.24. The fourth-order valence-corrected chi connectivity index (χ4v) is 4.36. The van der Waals surface area contributed by atoms with Crippen LogP contribution in [0.1, 0.15) is 19.3 Å². The van der Waals surface area contributed by atoms with E-state index >= 15 is 0 Å². The number of rotatable bonds is 3. The van der Waals surface area contributed by atoms with Gasteiger partial charge in [-0.3, -0.25) is 15.0 Å². The summed E-state index contributed by atoms with van der Waals surface area (Å²) >= 11 is 1.98. The smallest absolute Gasteiger partial charge is 0.269 e. The molecular formula is C15H21N5O2S. The fraction of sp³-hybridized carbons (Fsp3) is 0.600. The molecular weight excluding hydrogens is 314 g/mol. The van der Waals surface area contributed by atoms with Gasteiger partial charge in [0.1, 0.15) is 11.7 Å². The average Bonchev–Trinajstić information content (AvgIpc) is 2.86. The van der Waals surface area contributed by atoms with E-state index in [0.717, 1.165) is 36.5 Å². The van der Waals surface area contributed by atoms with Gasteiger partial charge in [0.2, 0.25) is 0 Å². The van der Waals surface area contributed by atoms with Gasteiger partial charge in [0.05, 0.1) is 10.6 Å². The van der Waals surface area contributed by atoms with Crippen molar-refractivity contribution in [2.24, 2.45) is 10.3 Å². The molecule has 1 saturated heterocycles. The Hall–Kier alpha value is -1.67. The quantitative estimate of drug-likeness (QED) is 0.626. The minimum Gasteiger partial charge on any atom is -0.284 e. The maximum Gasteiger partial charge on any atom is 0.269 e. The summed E-state index contributed by atoms with van der Waals surface area (Å²) in [4.78, 5) is 12.7. The molecule has 124 valence electrons. The van der Waals surface area contributed by atoms with Crippen LogP contribution >= 0.6 is 11.8 Å². The second-order valence-electron chi connectivity index (χ2n) is 6.08. The Balaban J connectivity index is 1.96. The van der Waals surface area contributed by atoms with E-state index in [4.69, 9.17) is 0 Å². The van der Waals surface area contributed by atoms with Crippen LogP contribution in [0.2, 0.25) is 0 Å². The Morgan fingerprint density at radius 3 is 2.74 bits per heavy atom.